The first kappa shape index (κ1) is 13.6. The molecule has 3 aromatic rings. The average molecular weight is 299 g/mol. The van der Waals surface area contributed by atoms with Crippen LogP contribution in [-0.4, -0.2) is 17.0 Å². The van der Waals surface area contributed by atoms with E-state index in [0.29, 0.717) is 11.0 Å². The quantitative estimate of drug-likeness (QED) is 0.753. The highest BCUT2D eigenvalue weighted by Gasteiger charge is 2.08. The predicted molar refractivity (Wildman–Crippen MR) is 88.6 cm³/mol. The molecule has 0 unspecified atom stereocenters. The Balaban J connectivity index is 2.13. The van der Waals surface area contributed by atoms with E-state index in [0.717, 1.165) is 28.0 Å². The molecular formula is C16H15ClN4. The number of nitrogens with zero attached hydrogens (tertiary/aromatic N) is 2. The number of nitrogens with one attached hydrogen (secondary N) is 2. The highest BCUT2D eigenvalue weighted by atomic mass is 35.5. The van der Waals surface area contributed by atoms with E-state index in [-0.39, 0.29) is 0 Å². The number of benzene rings is 2. The summed E-state index contributed by atoms with van der Waals surface area (Å²) in [6, 6.07) is 13.6. The molecule has 2 N–H and O–H groups in total. The third-order valence-corrected chi connectivity index (χ3v) is 3.51. The molecule has 0 atom stereocenters. The lowest BCUT2D eigenvalue weighted by Gasteiger charge is -2.12. The summed E-state index contributed by atoms with van der Waals surface area (Å²) in [5.41, 5.74) is 2.93. The number of halogens is 1. The Labute approximate surface area is 128 Å². The van der Waals surface area contributed by atoms with Crippen LogP contribution in [0.2, 0.25) is 5.02 Å². The van der Waals surface area contributed by atoms with E-state index in [1.54, 1.807) is 7.05 Å². The second-order valence-corrected chi connectivity index (χ2v) is 5.18. The number of anilines is 3. The predicted octanol–water partition coefficient (Wildman–Crippen LogP) is 4.38. The van der Waals surface area contributed by atoms with Crippen LogP contribution in [0.5, 0.6) is 0 Å². The van der Waals surface area contributed by atoms with Gasteiger partial charge in [0.15, 0.2) is 0 Å². The van der Waals surface area contributed by atoms with Crippen LogP contribution < -0.4 is 10.6 Å². The van der Waals surface area contributed by atoms with Gasteiger partial charge in [-0.3, -0.25) is 0 Å². The smallest absolute Gasteiger partial charge is 0.224 e. The number of aryl methyl sites for hydroxylation is 1. The van der Waals surface area contributed by atoms with E-state index < -0.39 is 0 Å². The zero-order valence-corrected chi connectivity index (χ0v) is 12.6. The van der Waals surface area contributed by atoms with E-state index in [1.807, 2.05) is 49.4 Å². The first-order chi connectivity index (χ1) is 10.2. The highest BCUT2D eigenvalue weighted by Crippen LogP contribution is 2.28. The molecule has 3 rings (SSSR count). The monoisotopic (exact) mass is 298 g/mol. The summed E-state index contributed by atoms with van der Waals surface area (Å²) in [4.78, 5) is 8.96. The molecule has 0 saturated heterocycles. The summed E-state index contributed by atoms with van der Waals surface area (Å²) in [6.45, 7) is 2.03. The number of hydrogen-bond donors (Lipinski definition) is 2. The Hall–Kier alpha value is -2.33. The molecule has 1 heterocycles. The van der Waals surface area contributed by atoms with Gasteiger partial charge in [0.2, 0.25) is 5.95 Å². The zero-order valence-electron chi connectivity index (χ0n) is 11.8. The minimum absolute atomic E-state index is 0.580. The number of para-hydroxylation sites is 1. The van der Waals surface area contributed by atoms with Crippen LogP contribution in [0.25, 0.3) is 10.9 Å². The molecule has 0 saturated carbocycles. The van der Waals surface area contributed by atoms with E-state index in [1.165, 1.54) is 0 Å². The van der Waals surface area contributed by atoms with Crippen LogP contribution in [0, 0.1) is 6.92 Å². The third kappa shape index (κ3) is 2.76. The Kier molecular flexibility index (Phi) is 3.62. The van der Waals surface area contributed by atoms with Gasteiger partial charge in [-0.2, -0.15) is 4.98 Å². The second kappa shape index (κ2) is 5.58. The van der Waals surface area contributed by atoms with Crippen molar-refractivity contribution in [1.82, 2.24) is 9.97 Å². The average Bonchev–Trinajstić information content (AvgIpc) is 2.50. The molecule has 0 aliphatic rings. The van der Waals surface area contributed by atoms with Crippen molar-refractivity contribution in [3.05, 3.63) is 53.1 Å². The van der Waals surface area contributed by atoms with Gasteiger partial charge >= 0.3 is 0 Å². The van der Waals surface area contributed by atoms with Crippen LogP contribution in [0.1, 0.15) is 5.56 Å². The molecule has 4 nitrogen and oxygen atoms in total. The lowest BCUT2D eigenvalue weighted by molar-refractivity contribution is 1.19. The SMILES string of the molecule is CNc1nc(Nc2cc(Cl)ccc2C)c2ccccc2n1. The maximum atomic E-state index is 6.07. The summed E-state index contributed by atoms with van der Waals surface area (Å²) < 4.78 is 0. The Morgan fingerprint density at radius 2 is 1.86 bits per heavy atom. The molecule has 21 heavy (non-hydrogen) atoms. The fourth-order valence-corrected chi connectivity index (χ4v) is 2.31. The largest absolute Gasteiger partial charge is 0.357 e. The van der Waals surface area contributed by atoms with Gasteiger partial charge < -0.3 is 10.6 Å². The third-order valence-electron chi connectivity index (χ3n) is 3.28. The minimum atomic E-state index is 0.580. The summed E-state index contributed by atoms with van der Waals surface area (Å²) >= 11 is 6.07. The standard InChI is InChI=1S/C16H15ClN4/c1-10-7-8-11(17)9-14(10)19-15-12-5-3-4-6-13(12)20-16(18-2)21-15/h3-9H,1-2H3,(H2,18,19,20,21). The lowest BCUT2D eigenvalue weighted by Crippen LogP contribution is -2.02. The molecule has 0 radical (unpaired) electrons. The molecule has 0 fully saturated rings. The number of fused-ring (bicyclic) bond motifs is 1. The van der Waals surface area contributed by atoms with Crippen LogP contribution in [0.4, 0.5) is 17.5 Å². The van der Waals surface area contributed by atoms with Gasteiger partial charge in [0.1, 0.15) is 5.82 Å². The molecule has 0 amide bonds. The minimum Gasteiger partial charge on any atom is -0.357 e. The summed E-state index contributed by atoms with van der Waals surface area (Å²) in [6.07, 6.45) is 0. The Morgan fingerprint density at radius 1 is 1.05 bits per heavy atom. The van der Waals surface area contributed by atoms with Crippen molar-refractivity contribution in [2.45, 2.75) is 6.92 Å². The van der Waals surface area contributed by atoms with E-state index in [2.05, 4.69) is 20.6 Å². The highest BCUT2D eigenvalue weighted by molar-refractivity contribution is 6.30. The van der Waals surface area contributed by atoms with E-state index in [4.69, 9.17) is 11.6 Å². The maximum absolute atomic E-state index is 6.07. The second-order valence-electron chi connectivity index (χ2n) is 4.75. The summed E-state index contributed by atoms with van der Waals surface area (Å²) in [5.74, 6) is 1.34. The van der Waals surface area contributed by atoms with Crippen LogP contribution in [0.15, 0.2) is 42.5 Å². The number of rotatable bonds is 3. The van der Waals surface area contributed by atoms with Gasteiger partial charge in [-0.25, -0.2) is 4.98 Å². The molecule has 0 aliphatic heterocycles. The van der Waals surface area contributed by atoms with Gasteiger partial charge in [0.05, 0.1) is 5.52 Å². The molecular weight excluding hydrogens is 284 g/mol. The Morgan fingerprint density at radius 3 is 2.67 bits per heavy atom. The van der Waals surface area contributed by atoms with Gasteiger partial charge in [0, 0.05) is 23.1 Å². The van der Waals surface area contributed by atoms with Crippen LogP contribution in [0.3, 0.4) is 0 Å². The molecule has 0 aliphatic carbocycles. The van der Waals surface area contributed by atoms with Crippen molar-refractivity contribution in [1.29, 1.82) is 0 Å². The van der Waals surface area contributed by atoms with Gasteiger partial charge in [-0.1, -0.05) is 29.8 Å². The van der Waals surface area contributed by atoms with Crippen molar-refractivity contribution < 1.29 is 0 Å². The maximum Gasteiger partial charge on any atom is 0.224 e. The van der Waals surface area contributed by atoms with Crippen LogP contribution in [-0.2, 0) is 0 Å². The summed E-state index contributed by atoms with van der Waals surface area (Å²) in [5, 5.41) is 8.00. The van der Waals surface area contributed by atoms with Crippen molar-refractivity contribution in [3.8, 4) is 0 Å². The molecule has 5 heteroatoms. The first-order valence-electron chi connectivity index (χ1n) is 6.65. The number of aromatic nitrogens is 2. The number of hydrogen-bond acceptors (Lipinski definition) is 4. The van der Waals surface area contributed by atoms with Crippen molar-refractivity contribution in [3.63, 3.8) is 0 Å². The zero-order chi connectivity index (χ0) is 14.8. The van der Waals surface area contributed by atoms with Crippen molar-refractivity contribution >= 4 is 40.0 Å². The van der Waals surface area contributed by atoms with Gasteiger partial charge in [-0.05, 0) is 36.8 Å². The normalized spacial score (nSPS) is 10.6. The first-order valence-corrected chi connectivity index (χ1v) is 7.03. The molecule has 1 aromatic heterocycles. The fraction of sp³-hybridized carbons (Fsp3) is 0.125. The fourth-order valence-electron chi connectivity index (χ4n) is 2.14. The summed E-state index contributed by atoms with van der Waals surface area (Å²) in [7, 11) is 1.80. The van der Waals surface area contributed by atoms with E-state index in [9.17, 15) is 0 Å². The Bertz CT molecular complexity index is 801. The molecule has 2 aromatic carbocycles. The van der Waals surface area contributed by atoms with Crippen molar-refractivity contribution in [2.24, 2.45) is 0 Å². The van der Waals surface area contributed by atoms with Crippen molar-refractivity contribution in [2.75, 3.05) is 17.7 Å². The van der Waals surface area contributed by atoms with Gasteiger partial charge in [0.25, 0.3) is 0 Å². The molecule has 106 valence electrons. The molecule has 0 bridgehead atoms. The lowest BCUT2D eigenvalue weighted by atomic mass is 10.2. The van der Waals surface area contributed by atoms with E-state index >= 15 is 0 Å². The topological polar surface area (TPSA) is 49.8 Å². The van der Waals surface area contributed by atoms with Gasteiger partial charge in [-0.15, -0.1) is 0 Å². The molecule has 0 spiro atoms. The van der Waals surface area contributed by atoms with Crippen LogP contribution >= 0.6 is 11.6 Å².